The second kappa shape index (κ2) is 9.85. The third-order valence-corrected chi connectivity index (χ3v) is 7.50. The summed E-state index contributed by atoms with van der Waals surface area (Å²) in [6.45, 7) is 5.13. The molecule has 9 heteroatoms. The molecule has 0 aliphatic carbocycles. The van der Waals surface area contributed by atoms with Gasteiger partial charge in [-0.15, -0.1) is 0 Å². The number of fused-ring (bicyclic) bond motifs is 3. The van der Waals surface area contributed by atoms with Crippen molar-refractivity contribution >= 4 is 45.3 Å². The Morgan fingerprint density at radius 3 is 2.69 bits per heavy atom. The number of carbonyl (C=O) groups is 1. The van der Waals surface area contributed by atoms with Crippen molar-refractivity contribution in [1.82, 2.24) is 24.8 Å². The van der Waals surface area contributed by atoms with Gasteiger partial charge in [0.15, 0.2) is 0 Å². The number of aromatic nitrogens is 3. The van der Waals surface area contributed by atoms with Crippen LogP contribution in [0.25, 0.3) is 21.9 Å². The highest BCUT2D eigenvalue weighted by atomic mass is 35.5. The molecule has 1 aromatic carbocycles. The van der Waals surface area contributed by atoms with Gasteiger partial charge in [-0.25, -0.2) is 9.78 Å². The molecule has 0 spiro atoms. The van der Waals surface area contributed by atoms with E-state index in [1.54, 1.807) is 0 Å². The maximum Gasteiger partial charge on any atom is 0.320 e. The Morgan fingerprint density at radius 1 is 1.03 bits per heavy atom. The molecule has 36 heavy (non-hydrogen) atoms. The lowest BCUT2D eigenvalue weighted by Gasteiger charge is -2.41. The predicted molar refractivity (Wildman–Crippen MR) is 142 cm³/mol. The van der Waals surface area contributed by atoms with Gasteiger partial charge >= 0.3 is 6.03 Å². The van der Waals surface area contributed by atoms with Crippen LogP contribution in [0.4, 0.5) is 10.5 Å². The maximum atomic E-state index is 13.4. The van der Waals surface area contributed by atoms with Gasteiger partial charge in [0, 0.05) is 79.1 Å². The van der Waals surface area contributed by atoms with Gasteiger partial charge in [0.1, 0.15) is 11.4 Å². The van der Waals surface area contributed by atoms with Gasteiger partial charge in [-0.1, -0.05) is 11.6 Å². The number of rotatable bonds is 4. The van der Waals surface area contributed by atoms with Crippen LogP contribution in [0.15, 0.2) is 55.0 Å². The Labute approximate surface area is 214 Å². The van der Waals surface area contributed by atoms with Crippen molar-refractivity contribution in [3.05, 3.63) is 60.0 Å². The number of carbonyl (C=O) groups excluding carboxylic acids is 1. The van der Waals surface area contributed by atoms with Crippen LogP contribution < -0.4 is 9.64 Å². The van der Waals surface area contributed by atoms with E-state index in [-0.39, 0.29) is 6.03 Å². The van der Waals surface area contributed by atoms with Crippen LogP contribution in [0.3, 0.4) is 0 Å². The highest BCUT2D eigenvalue weighted by Crippen LogP contribution is 2.32. The lowest BCUT2D eigenvalue weighted by molar-refractivity contribution is 0.110. The monoisotopic (exact) mass is 504 g/mol. The van der Waals surface area contributed by atoms with E-state index in [0.29, 0.717) is 30.6 Å². The first-order valence-corrected chi connectivity index (χ1v) is 12.9. The molecule has 0 bridgehead atoms. The van der Waals surface area contributed by atoms with Crippen LogP contribution >= 0.6 is 11.6 Å². The molecular formula is C27H29ClN6O2. The summed E-state index contributed by atoms with van der Waals surface area (Å²) in [7, 11) is 0. The van der Waals surface area contributed by atoms with Crippen LogP contribution in [-0.4, -0.2) is 76.7 Å². The molecule has 2 amide bonds. The predicted octanol–water partition coefficient (Wildman–Crippen LogP) is 4.80. The Kier molecular flexibility index (Phi) is 6.27. The fourth-order valence-corrected chi connectivity index (χ4v) is 5.48. The fraction of sp³-hybridized carbons (Fsp3) is 0.370. The number of aromatic amines is 1. The number of ether oxygens (including phenoxy) is 1. The van der Waals surface area contributed by atoms with Gasteiger partial charge in [-0.3, -0.25) is 4.98 Å². The highest BCUT2D eigenvalue weighted by Gasteiger charge is 2.30. The number of piperazine rings is 1. The summed E-state index contributed by atoms with van der Waals surface area (Å²) in [6, 6.07) is 11.7. The molecule has 1 atom stereocenters. The summed E-state index contributed by atoms with van der Waals surface area (Å²) < 4.78 is 5.97. The number of likely N-dealkylation sites (tertiary alicyclic amines) is 1. The summed E-state index contributed by atoms with van der Waals surface area (Å²) >= 11 is 5.96. The molecule has 5 heterocycles. The number of halogens is 1. The minimum absolute atomic E-state index is 0.141. The number of hydrogen-bond acceptors (Lipinski definition) is 5. The van der Waals surface area contributed by atoms with E-state index < -0.39 is 0 Å². The quantitative estimate of drug-likeness (QED) is 0.432. The zero-order valence-corrected chi connectivity index (χ0v) is 20.8. The van der Waals surface area contributed by atoms with E-state index >= 15 is 0 Å². The number of amides is 2. The van der Waals surface area contributed by atoms with Crippen LogP contribution in [0.2, 0.25) is 5.02 Å². The first-order chi connectivity index (χ1) is 17.7. The lowest BCUT2D eigenvalue weighted by Crippen LogP contribution is -2.54. The molecule has 0 radical (unpaired) electrons. The summed E-state index contributed by atoms with van der Waals surface area (Å²) in [5, 5.41) is 2.89. The van der Waals surface area contributed by atoms with E-state index in [9.17, 15) is 4.79 Å². The van der Waals surface area contributed by atoms with Gasteiger partial charge in [0.05, 0.1) is 18.3 Å². The van der Waals surface area contributed by atoms with Crippen molar-refractivity contribution in [1.29, 1.82) is 0 Å². The van der Waals surface area contributed by atoms with Crippen LogP contribution in [0.5, 0.6) is 5.75 Å². The van der Waals surface area contributed by atoms with E-state index in [4.69, 9.17) is 16.3 Å². The topological polar surface area (TPSA) is 77.6 Å². The zero-order chi connectivity index (χ0) is 24.5. The molecule has 186 valence electrons. The van der Waals surface area contributed by atoms with Crippen molar-refractivity contribution in [2.45, 2.75) is 12.8 Å². The van der Waals surface area contributed by atoms with Crippen LogP contribution in [-0.2, 0) is 0 Å². The average molecular weight is 505 g/mol. The molecule has 2 saturated heterocycles. The number of nitrogens with one attached hydrogen (secondary N) is 1. The maximum absolute atomic E-state index is 13.4. The van der Waals surface area contributed by atoms with Crippen molar-refractivity contribution in [3.63, 3.8) is 0 Å². The number of urea groups is 1. The third-order valence-electron chi connectivity index (χ3n) is 7.25. The normalized spacial score (nSPS) is 18.7. The average Bonchev–Trinajstić information content (AvgIpc) is 3.42. The van der Waals surface area contributed by atoms with E-state index in [2.05, 4.69) is 32.0 Å². The molecule has 2 aliphatic rings. The van der Waals surface area contributed by atoms with Crippen LogP contribution in [0, 0.1) is 5.92 Å². The minimum Gasteiger partial charge on any atom is -0.493 e. The largest absolute Gasteiger partial charge is 0.493 e. The fourth-order valence-electron chi connectivity index (χ4n) is 5.36. The third kappa shape index (κ3) is 4.53. The van der Waals surface area contributed by atoms with E-state index in [0.717, 1.165) is 72.4 Å². The molecule has 4 aromatic rings. The van der Waals surface area contributed by atoms with Gasteiger partial charge in [-0.05, 0) is 49.2 Å². The van der Waals surface area contributed by atoms with Crippen molar-refractivity contribution < 1.29 is 9.53 Å². The number of piperidine rings is 1. The number of anilines is 1. The molecule has 1 N–H and O–H groups in total. The Hall–Kier alpha value is -3.52. The smallest absolute Gasteiger partial charge is 0.320 e. The Balaban J connectivity index is 1.08. The molecule has 8 nitrogen and oxygen atoms in total. The molecule has 2 aliphatic heterocycles. The number of pyridine rings is 2. The summed E-state index contributed by atoms with van der Waals surface area (Å²) in [5.41, 5.74) is 2.90. The van der Waals surface area contributed by atoms with Gasteiger partial charge < -0.3 is 24.4 Å². The minimum atomic E-state index is 0.141. The molecule has 2 fully saturated rings. The number of benzene rings is 1. The lowest BCUT2D eigenvalue weighted by atomic mass is 9.99. The second-order valence-electron chi connectivity index (χ2n) is 9.56. The number of hydrogen-bond donors (Lipinski definition) is 1. The second-order valence-corrected chi connectivity index (χ2v) is 10.0. The van der Waals surface area contributed by atoms with Crippen LogP contribution in [0.1, 0.15) is 12.8 Å². The Bertz CT molecular complexity index is 1370. The van der Waals surface area contributed by atoms with Crippen molar-refractivity contribution in [2.75, 3.05) is 50.8 Å². The summed E-state index contributed by atoms with van der Waals surface area (Å²) in [6.07, 6.45) is 7.65. The van der Waals surface area contributed by atoms with Crippen molar-refractivity contribution in [3.8, 4) is 5.75 Å². The Morgan fingerprint density at radius 2 is 1.86 bits per heavy atom. The van der Waals surface area contributed by atoms with E-state index in [1.165, 1.54) is 0 Å². The summed E-state index contributed by atoms with van der Waals surface area (Å²) in [4.78, 5) is 31.9. The van der Waals surface area contributed by atoms with E-state index in [1.807, 2.05) is 52.7 Å². The molecular weight excluding hydrogens is 476 g/mol. The van der Waals surface area contributed by atoms with Gasteiger partial charge in [0.25, 0.3) is 0 Å². The first kappa shape index (κ1) is 22.9. The molecule has 0 saturated carbocycles. The van der Waals surface area contributed by atoms with Crippen molar-refractivity contribution in [2.24, 2.45) is 5.92 Å². The molecule has 1 unspecified atom stereocenters. The first-order valence-electron chi connectivity index (χ1n) is 12.5. The zero-order valence-electron chi connectivity index (χ0n) is 20.1. The number of nitrogens with zero attached hydrogens (tertiary/aromatic N) is 5. The van der Waals surface area contributed by atoms with Gasteiger partial charge in [0.2, 0.25) is 0 Å². The summed E-state index contributed by atoms with van der Waals surface area (Å²) in [5.74, 6) is 1.15. The standard InChI is InChI=1S/C27H29ClN6O2/c28-20-3-5-21(6-4-20)36-18-19-2-1-11-34(17-19)27(35)33-14-12-32(13-15-33)24-8-10-29-23-16-31-26-22(25(23)24)7-9-30-26/h3-10,16,19H,1-2,11-15,17-18H2,(H,30,31). The highest BCUT2D eigenvalue weighted by molar-refractivity contribution is 6.30. The number of H-pyrrole nitrogens is 1. The molecule has 3 aromatic heterocycles. The SMILES string of the molecule is O=C(N1CCN(c2ccnc3cnc4[nH]ccc4c23)CC1)N1CCCC(COc2ccc(Cl)cc2)C1. The van der Waals surface area contributed by atoms with Gasteiger partial charge in [-0.2, -0.15) is 0 Å². The molecule has 6 rings (SSSR count).